The molecule has 0 radical (unpaired) electrons. The van der Waals surface area contributed by atoms with Gasteiger partial charge in [0.05, 0.1) is 12.2 Å². The highest BCUT2D eigenvalue weighted by molar-refractivity contribution is 5.11. The van der Waals surface area contributed by atoms with Gasteiger partial charge >= 0.3 is 0 Å². The van der Waals surface area contributed by atoms with Crippen LogP contribution in [0.1, 0.15) is 46.0 Å². The highest BCUT2D eigenvalue weighted by atomic mass is 16.5. The van der Waals surface area contributed by atoms with Crippen molar-refractivity contribution in [3.05, 3.63) is 0 Å². The number of fused-ring (bicyclic) bond motifs is 1. The van der Waals surface area contributed by atoms with E-state index >= 15 is 0 Å². The predicted molar refractivity (Wildman–Crippen MR) is 71.6 cm³/mol. The molecule has 2 saturated carbocycles. The summed E-state index contributed by atoms with van der Waals surface area (Å²) in [4.78, 5) is 0. The van der Waals surface area contributed by atoms with E-state index in [-0.39, 0.29) is 0 Å². The van der Waals surface area contributed by atoms with Gasteiger partial charge in [0.2, 0.25) is 0 Å². The standard InChI is InChI=1S/C15H27NO2/c1-15(2)13(12-5-4-8-18-14(12)15)16-10-6-7-11(9-10)17-3/h10-14,16H,4-9H2,1-3H3. The molecule has 1 saturated heterocycles. The third-order valence-corrected chi connectivity index (χ3v) is 5.46. The van der Waals surface area contributed by atoms with Gasteiger partial charge < -0.3 is 14.8 Å². The van der Waals surface area contributed by atoms with Gasteiger partial charge in [-0.3, -0.25) is 0 Å². The monoisotopic (exact) mass is 253 g/mol. The van der Waals surface area contributed by atoms with Crippen LogP contribution in [-0.4, -0.2) is 38.0 Å². The molecule has 3 aliphatic rings. The normalized spacial score (nSPS) is 46.5. The molecule has 0 aromatic rings. The van der Waals surface area contributed by atoms with E-state index in [2.05, 4.69) is 19.2 Å². The smallest absolute Gasteiger partial charge is 0.0684 e. The topological polar surface area (TPSA) is 30.5 Å². The summed E-state index contributed by atoms with van der Waals surface area (Å²) < 4.78 is 11.4. The molecule has 104 valence electrons. The lowest BCUT2D eigenvalue weighted by atomic mass is 9.55. The SMILES string of the molecule is COC1CCC(NC2C3CCCOC3C2(C)C)C1. The molecule has 2 aliphatic carbocycles. The summed E-state index contributed by atoms with van der Waals surface area (Å²) in [6.07, 6.45) is 7.20. The fraction of sp³-hybridized carbons (Fsp3) is 1.00. The predicted octanol–water partition coefficient (Wildman–Crippen LogP) is 2.35. The van der Waals surface area contributed by atoms with Crippen molar-refractivity contribution in [1.29, 1.82) is 0 Å². The van der Waals surface area contributed by atoms with Crippen LogP contribution in [-0.2, 0) is 9.47 Å². The van der Waals surface area contributed by atoms with E-state index < -0.39 is 0 Å². The van der Waals surface area contributed by atoms with Crippen molar-refractivity contribution >= 4 is 0 Å². The average Bonchev–Trinajstić information content (AvgIpc) is 2.84. The molecule has 0 spiro atoms. The Balaban J connectivity index is 1.59. The zero-order chi connectivity index (χ0) is 12.8. The van der Waals surface area contributed by atoms with Gasteiger partial charge in [0.25, 0.3) is 0 Å². The minimum absolute atomic E-state index is 0.302. The maximum absolute atomic E-state index is 5.96. The molecule has 5 unspecified atom stereocenters. The van der Waals surface area contributed by atoms with E-state index in [9.17, 15) is 0 Å². The van der Waals surface area contributed by atoms with Crippen LogP contribution in [0, 0.1) is 11.3 Å². The maximum Gasteiger partial charge on any atom is 0.0684 e. The lowest BCUT2D eigenvalue weighted by Crippen LogP contribution is -2.70. The van der Waals surface area contributed by atoms with E-state index in [1.807, 2.05) is 7.11 Å². The van der Waals surface area contributed by atoms with Crippen LogP contribution in [0.25, 0.3) is 0 Å². The second kappa shape index (κ2) is 4.77. The Bertz CT molecular complexity index is 305. The van der Waals surface area contributed by atoms with Crippen LogP contribution in [0.3, 0.4) is 0 Å². The lowest BCUT2D eigenvalue weighted by molar-refractivity contribution is -0.194. The van der Waals surface area contributed by atoms with Crippen LogP contribution in [0.4, 0.5) is 0 Å². The molecule has 3 fully saturated rings. The van der Waals surface area contributed by atoms with Gasteiger partial charge in [0.1, 0.15) is 0 Å². The number of rotatable bonds is 3. The van der Waals surface area contributed by atoms with E-state index in [1.165, 1.54) is 32.1 Å². The second-order valence-corrected chi connectivity index (χ2v) is 6.93. The zero-order valence-electron chi connectivity index (χ0n) is 11.9. The summed E-state index contributed by atoms with van der Waals surface area (Å²) in [6.45, 7) is 5.69. The summed E-state index contributed by atoms with van der Waals surface area (Å²) in [6, 6.07) is 1.30. The fourth-order valence-electron chi connectivity index (χ4n) is 4.42. The first-order chi connectivity index (χ1) is 8.63. The Morgan fingerprint density at radius 1 is 1.22 bits per heavy atom. The maximum atomic E-state index is 5.96. The van der Waals surface area contributed by atoms with E-state index in [1.54, 1.807) is 0 Å². The Hall–Kier alpha value is -0.120. The molecule has 18 heavy (non-hydrogen) atoms. The highest BCUT2D eigenvalue weighted by Gasteiger charge is 2.58. The van der Waals surface area contributed by atoms with Crippen molar-refractivity contribution in [2.24, 2.45) is 11.3 Å². The van der Waals surface area contributed by atoms with Gasteiger partial charge in [-0.25, -0.2) is 0 Å². The molecule has 1 aliphatic heterocycles. The minimum atomic E-state index is 0.302. The summed E-state index contributed by atoms with van der Waals surface area (Å²) >= 11 is 0. The van der Waals surface area contributed by atoms with Crippen LogP contribution in [0.5, 0.6) is 0 Å². The molecular formula is C15H27NO2. The summed E-state index contributed by atoms with van der Waals surface area (Å²) in [7, 11) is 1.84. The molecule has 1 heterocycles. The molecule has 3 rings (SSSR count). The lowest BCUT2D eigenvalue weighted by Gasteiger charge is -2.60. The van der Waals surface area contributed by atoms with Gasteiger partial charge in [0.15, 0.2) is 0 Å². The molecule has 1 N–H and O–H groups in total. The zero-order valence-corrected chi connectivity index (χ0v) is 11.9. The van der Waals surface area contributed by atoms with Gasteiger partial charge in [-0.1, -0.05) is 13.8 Å². The number of hydrogen-bond donors (Lipinski definition) is 1. The van der Waals surface area contributed by atoms with Gasteiger partial charge in [-0.05, 0) is 32.1 Å². The number of hydrogen-bond acceptors (Lipinski definition) is 3. The van der Waals surface area contributed by atoms with Crippen molar-refractivity contribution in [3.63, 3.8) is 0 Å². The van der Waals surface area contributed by atoms with Crippen molar-refractivity contribution in [2.75, 3.05) is 13.7 Å². The number of ether oxygens (including phenoxy) is 2. The molecule has 0 amide bonds. The van der Waals surface area contributed by atoms with E-state index in [0.717, 1.165) is 12.5 Å². The summed E-state index contributed by atoms with van der Waals surface area (Å²) in [5, 5.41) is 3.91. The number of methoxy groups -OCH3 is 1. The molecule has 0 aromatic heterocycles. The van der Waals surface area contributed by atoms with Crippen LogP contribution < -0.4 is 5.32 Å². The van der Waals surface area contributed by atoms with E-state index in [0.29, 0.717) is 29.7 Å². The van der Waals surface area contributed by atoms with Crippen LogP contribution in [0.15, 0.2) is 0 Å². The van der Waals surface area contributed by atoms with Gasteiger partial charge in [-0.2, -0.15) is 0 Å². The Kier molecular flexibility index (Phi) is 3.41. The third-order valence-electron chi connectivity index (χ3n) is 5.46. The fourth-order valence-corrected chi connectivity index (χ4v) is 4.42. The third kappa shape index (κ3) is 2.00. The first-order valence-electron chi connectivity index (χ1n) is 7.53. The summed E-state index contributed by atoms with van der Waals surface area (Å²) in [5.74, 6) is 0.746. The molecule has 3 heteroatoms. The molecule has 5 atom stereocenters. The molecule has 3 nitrogen and oxygen atoms in total. The van der Waals surface area contributed by atoms with Crippen molar-refractivity contribution < 1.29 is 9.47 Å². The average molecular weight is 253 g/mol. The van der Waals surface area contributed by atoms with Crippen LogP contribution >= 0.6 is 0 Å². The van der Waals surface area contributed by atoms with Crippen LogP contribution in [0.2, 0.25) is 0 Å². The largest absolute Gasteiger partial charge is 0.381 e. The van der Waals surface area contributed by atoms with Crippen molar-refractivity contribution in [3.8, 4) is 0 Å². The molecule has 0 aromatic carbocycles. The van der Waals surface area contributed by atoms with Crippen molar-refractivity contribution in [1.82, 2.24) is 5.32 Å². The quantitative estimate of drug-likeness (QED) is 0.837. The highest BCUT2D eigenvalue weighted by Crippen LogP contribution is 2.51. The molecule has 0 bridgehead atoms. The first-order valence-corrected chi connectivity index (χ1v) is 7.53. The number of nitrogens with one attached hydrogen (secondary N) is 1. The Morgan fingerprint density at radius 2 is 2.06 bits per heavy atom. The van der Waals surface area contributed by atoms with Gasteiger partial charge in [0, 0.05) is 37.1 Å². The first kappa shape index (κ1) is 12.9. The Labute approximate surface area is 111 Å². The van der Waals surface area contributed by atoms with Gasteiger partial charge in [-0.15, -0.1) is 0 Å². The summed E-state index contributed by atoms with van der Waals surface area (Å²) in [5.41, 5.74) is 0.302. The molecular weight excluding hydrogens is 226 g/mol. The van der Waals surface area contributed by atoms with E-state index in [4.69, 9.17) is 9.47 Å². The second-order valence-electron chi connectivity index (χ2n) is 6.93. The minimum Gasteiger partial charge on any atom is -0.381 e. The Morgan fingerprint density at radius 3 is 2.78 bits per heavy atom. The van der Waals surface area contributed by atoms with Crippen molar-refractivity contribution in [2.45, 2.75) is 70.2 Å².